The normalized spacial score (nSPS) is 11.2. The van der Waals surface area contributed by atoms with Crippen molar-refractivity contribution in [2.45, 2.75) is 26.0 Å². The van der Waals surface area contributed by atoms with Crippen LogP contribution in [0.15, 0.2) is 30.3 Å². The van der Waals surface area contributed by atoms with Gasteiger partial charge < -0.3 is 5.32 Å². The third-order valence-electron chi connectivity index (χ3n) is 2.44. The molecule has 2 N–H and O–H groups in total. The maximum Gasteiger partial charge on any atom is 0.263 e. The van der Waals surface area contributed by atoms with Gasteiger partial charge in [-0.1, -0.05) is 30.3 Å². The fraction of sp³-hybridized carbons (Fsp3) is 0.417. The number of nitrogens with one attached hydrogen (secondary N) is 2. The quantitative estimate of drug-likeness (QED) is 0.737. The highest BCUT2D eigenvalue weighted by Gasteiger charge is 2.25. The van der Waals surface area contributed by atoms with Crippen LogP contribution >= 0.6 is 0 Å². The summed E-state index contributed by atoms with van der Waals surface area (Å²) in [6.07, 6.45) is 0. The van der Waals surface area contributed by atoms with Crippen molar-refractivity contribution in [2.24, 2.45) is 0 Å². The third-order valence-corrected chi connectivity index (χ3v) is 2.44. The Morgan fingerprint density at radius 1 is 1.31 bits per heavy atom. The van der Waals surface area contributed by atoms with Gasteiger partial charge in [-0.25, -0.2) is 5.48 Å². The number of hydrogen-bond donors (Lipinski definition) is 2. The van der Waals surface area contributed by atoms with Crippen LogP contribution in [-0.4, -0.2) is 18.5 Å². The molecule has 0 aliphatic heterocycles. The van der Waals surface area contributed by atoms with Crippen LogP contribution in [0.4, 0.5) is 0 Å². The Morgan fingerprint density at radius 2 is 1.94 bits per heavy atom. The zero-order chi connectivity index (χ0) is 12.0. The number of likely N-dealkylation sites (N-methyl/N-ethyl adjacent to an activating group) is 1. The monoisotopic (exact) mass is 222 g/mol. The number of hydroxylamine groups is 1. The average molecular weight is 222 g/mol. The molecule has 1 amide bonds. The van der Waals surface area contributed by atoms with E-state index < -0.39 is 5.54 Å². The first kappa shape index (κ1) is 12.7. The van der Waals surface area contributed by atoms with Gasteiger partial charge in [0.15, 0.2) is 0 Å². The van der Waals surface area contributed by atoms with Gasteiger partial charge in [-0.05, 0) is 26.5 Å². The van der Waals surface area contributed by atoms with Gasteiger partial charge in [0.2, 0.25) is 0 Å². The molecule has 0 atom stereocenters. The van der Waals surface area contributed by atoms with Crippen LogP contribution < -0.4 is 10.8 Å². The molecule has 0 radical (unpaired) electrons. The van der Waals surface area contributed by atoms with Gasteiger partial charge in [-0.3, -0.25) is 9.63 Å². The summed E-state index contributed by atoms with van der Waals surface area (Å²) >= 11 is 0. The zero-order valence-corrected chi connectivity index (χ0v) is 9.91. The highest BCUT2D eigenvalue weighted by atomic mass is 16.6. The van der Waals surface area contributed by atoms with Gasteiger partial charge in [-0.2, -0.15) is 0 Å². The fourth-order valence-corrected chi connectivity index (χ4v) is 1.00. The largest absolute Gasteiger partial charge is 0.307 e. The van der Waals surface area contributed by atoms with E-state index in [1.165, 1.54) is 0 Å². The highest BCUT2D eigenvalue weighted by Crippen LogP contribution is 2.02. The molecule has 4 heteroatoms. The number of carbonyl (C=O) groups is 1. The number of benzene rings is 1. The molecule has 0 saturated heterocycles. The van der Waals surface area contributed by atoms with Gasteiger partial charge in [0, 0.05) is 0 Å². The minimum absolute atomic E-state index is 0.189. The summed E-state index contributed by atoms with van der Waals surface area (Å²) in [5.41, 5.74) is 2.81. The molecule has 4 nitrogen and oxygen atoms in total. The molecule has 0 aliphatic carbocycles. The lowest BCUT2D eigenvalue weighted by atomic mass is 10.1. The highest BCUT2D eigenvalue weighted by molar-refractivity contribution is 5.84. The van der Waals surface area contributed by atoms with Crippen LogP contribution in [0.25, 0.3) is 0 Å². The lowest BCUT2D eigenvalue weighted by Crippen LogP contribution is -2.50. The summed E-state index contributed by atoms with van der Waals surface area (Å²) in [5.74, 6) is -0.189. The molecule has 0 aliphatic rings. The number of carbonyl (C=O) groups excluding carboxylic acids is 1. The molecular formula is C12H18N2O2. The SMILES string of the molecule is CNC(C)(C)C(=O)NOCc1ccccc1. The summed E-state index contributed by atoms with van der Waals surface area (Å²) in [7, 11) is 1.73. The molecule has 0 heterocycles. The molecule has 0 fully saturated rings. The van der Waals surface area contributed by atoms with Crippen LogP contribution in [0.2, 0.25) is 0 Å². The van der Waals surface area contributed by atoms with Crippen molar-refractivity contribution in [1.29, 1.82) is 0 Å². The van der Waals surface area contributed by atoms with Gasteiger partial charge in [-0.15, -0.1) is 0 Å². The molecule has 88 valence electrons. The van der Waals surface area contributed by atoms with Crippen molar-refractivity contribution >= 4 is 5.91 Å². The van der Waals surface area contributed by atoms with E-state index in [0.717, 1.165) is 5.56 Å². The van der Waals surface area contributed by atoms with Crippen molar-refractivity contribution in [3.8, 4) is 0 Å². The van der Waals surface area contributed by atoms with E-state index in [1.54, 1.807) is 20.9 Å². The Morgan fingerprint density at radius 3 is 2.50 bits per heavy atom. The number of rotatable bonds is 5. The Bertz CT molecular complexity index is 336. The molecule has 0 aromatic heterocycles. The van der Waals surface area contributed by atoms with Crippen LogP contribution in [0.5, 0.6) is 0 Å². The van der Waals surface area contributed by atoms with Crippen molar-refractivity contribution in [1.82, 2.24) is 10.8 Å². The Labute approximate surface area is 95.9 Å². The van der Waals surface area contributed by atoms with E-state index in [1.807, 2.05) is 30.3 Å². The first-order chi connectivity index (χ1) is 7.56. The van der Waals surface area contributed by atoms with Crippen LogP contribution in [-0.2, 0) is 16.2 Å². The Hall–Kier alpha value is -1.39. The van der Waals surface area contributed by atoms with Gasteiger partial charge in [0.1, 0.15) is 0 Å². The number of amides is 1. The van der Waals surface area contributed by atoms with E-state index in [2.05, 4.69) is 10.8 Å². The van der Waals surface area contributed by atoms with Crippen molar-refractivity contribution in [3.05, 3.63) is 35.9 Å². The molecule has 0 saturated carbocycles. The van der Waals surface area contributed by atoms with Crippen LogP contribution in [0.3, 0.4) is 0 Å². The topological polar surface area (TPSA) is 50.4 Å². The summed E-state index contributed by atoms with van der Waals surface area (Å²) in [6.45, 7) is 3.94. The van der Waals surface area contributed by atoms with Crippen LogP contribution in [0, 0.1) is 0 Å². The fourth-order valence-electron chi connectivity index (χ4n) is 1.00. The first-order valence-electron chi connectivity index (χ1n) is 5.21. The van der Waals surface area contributed by atoms with Crippen molar-refractivity contribution in [2.75, 3.05) is 7.05 Å². The zero-order valence-electron chi connectivity index (χ0n) is 9.91. The minimum atomic E-state index is -0.628. The average Bonchev–Trinajstić information content (AvgIpc) is 2.30. The smallest absolute Gasteiger partial charge is 0.263 e. The maximum atomic E-state index is 11.6. The predicted molar refractivity (Wildman–Crippen MR) is 62.5 cm³/mol. The Balaban J connectivity index is 2.34. The summed E-state index contributed by atoms with van der Waals surface area (Å²) in [5, 5.41) is 2.90. The molecule has 0 unspecified atom stereocenters. The molecule has 1 aromatic rings. The molecule has 1 aromatic carbocycles. The lowest BCUT2D eigenvalue weighted by molar-refractivity contribution is -0.140. The van der Waals surface area contributed by atoms with E-state index in [-0.39, 0.29) is 5.91 Å². The summed E-state index contributed by atoms with van der Waals surface area (Å²) in [6, 6.07) is 9.67. The minimum Gasteiger partial charge on any atom is -0.307 e. The van der Waals surface area contributed by atoms with Gasteiger partial charge in [0.25, 0.3) is 5.91 Å². The molecule has 16 heavy (non-hydrogen) atoms. The second-order valence-corrected chi connectivity index (χ2v) is 4.08. The summed E-state index contributed by atoms with van der Waals surface area (Å²) in [4.78, 5) is 16.7. The molecule has 1 rings (SSSR count). The first-order valence-corrected chi connectivity index (χ1v) is 5.21. The molecule has 0 spiro atoms. The van der Waals surface area contributed by atoms with Crippen LogP contribution in [0.1, 0.15) is 19.4 Å². The second kappa shape index (κ2) is 5.63. The lowest BCUT2D eigenvalue weighted by Gasteiger charge is -2.22. The van der Waals surface area contributed by atoms with E-state index in [4.69, 9.17) is 4.84 Å². The third kappa shape index (κ3) is 3.64. The molecular weight excluding hydrogens is 204 g/mol. The number of hydrogen-bond acceptors (Lipinski definition) is 3. The maximum absolute atomic E-state index is 11.6. The van der Waals surface area contributed by atoms with E-state index >= 15 is 0 Å². The van der Waals surface area contributed by atoms with E-state index in [0.29, 0.717) is 6.61 Å². The van der Waals surface area contributed by atoms with Gasteiger partial charge in [0.05, 0.1) is 12.1 Å². The Kier molecular flexibility index (Phi) is 4.46. The van der Waals surface area contributed by atoms with E-state index in [9.17, 15) is 4.79 Å². The second-order valence-electron chi connectivity index (χ2n) is 4.08. The van der Waals surface area contributed by atoms with Crippen molar-refractivity contribution < 1.29 is 9.63 Å². The van der Waals surface area contributed by atoms with Gasteiger partial charge >= 0.3 is 0 Å². The standard InChI is InChI=1S/C12H18N2O2/c1-12(2,13-3)11(15)14-16-9-10-7-5-4-6-8-10/h4-8,13H,9H2,1-3H3,(H,14,15). The molecule has 0 bridgehead atoms. The summed E-state index contributed by atoms with van der Waals surface area (Å²) < 4.78 is 0. The predicted octanol–water partition coefficient (Wildman–Crippen LogP) is 1.23. The van der Waals surface area contributed by atoms with Crippen molar-refractivity contribution in [3.63, 3.8) is 0 Å².